The minimum absolute atomic E-state index is 0. The van der Waals surface area contributed by atoms with Crippen LogP contribution >= 0.6 is 0 Å². The van der Waals surface area contributed by atoms with Gasteiger partial charge < -0.3 is 20.4 Å². The molecule has 0 saturated carbocycles. The summed E-state index contributed by atoms with van der Waals surface area (Å²) in [5.41, 5.74) is 0. The quantitative estimate of drug-likeness (QED) is 0.257. The molecule has 10 nitrogen and oxygen atoms in total. The van der Waals surface area contributed by atoms with Gasteiger partial charge in [-0.05, 0) is 0 Å². The molecule has 0 aromatic heterocycles. The van der Waals surface area contributed by atoms with Gasteiger partial charge in [0.05, 0.1) is 0 Å². The first kappa shape index (κ1) is 22.2. The summed E-state index contributed by atoms with van der Waals surface area (Å²) < 4.78 is 32.0. The Hall–Kier alpha value is 0.995. The number of aliphatic hydroxyl groups is 2. The molecule has 6 N–H and O–H groups in total. The molecule has 0 bridgehead atoms. The van der Waals surface area contributed by atoms with Crippen molar-refractivity contribution in [3.05, 3.63) is 0 Å². The molecule has 0 aromatic carbocycles. The van der Waals surface area contributed by atoms with E-state index in [0.29, 0.717) is 0 Å². The molecular formula is C4H8KO10Sb. The van der Waals surface area contributed by atoms with E-state index >= 15 is 0 Å². The van der Waals surface area contributed by atoms with Crippen molar-refractivity contribution in [2.24, 2.45) is 0 Å². The van der Waals surface area contributed by atoms with Crippen LogP contribution in [0.2, 0.25) is 0 Å². The van der Waals surface area contributed by atoms with E-state index in [0.717, 1.165) is 0 Å². The Labute approximate surface area is 137 Å². The number of carbonyl (C=O) groups is 2. The Morgan fingerprint density at radius 1 is 1.00 bits per heavy atom. The molecule has 12 heteroatoms. The minimum atomic E-state index is -5.60. The first-order chi connectivity index (χ1) is 6.46. The molecule has 0 aliphatic heterocycles. The van der Waals surface area contributed by atoms with Gasteiger partial charge in [-0.3, -0.25) is 0 Å². The van der Waals surface area contributed by atoms with E-state index in [1.807, 2.05) is 0 Å². The van der Waals surface area contributed by atoms with Crippen LogP contribution < -0.4 is 54.8 Å². The van der Waals surface area contributed by atoms with Crippen molar-refractivity contribution in [3.63, 3.8) is 0 Å². The fraction of sp³-hybridized carbons (Fsp3) is 0.500. The summed E-state index contributed by atoms with van der Waals surface area (Å²) in [6.45, 7) is 0. The van der Waals surface area contributed by atoms with Gasteiger partial charge in [0.1, 0.15) is 0 Å². The molecule has 0 radical (unpaired) electrons. The van der Waals surface area contributed by atoms with Gasteiger partial charge in [-0.2, -0.15) is 0 Å². The average Bonchev–Trinajstić information content (AvgIpc) is 1.98. The van der Waals surface area contributed by atoms with Gasteiger partial charge in [0.2, 0.25) is 0 Å². The third-order valence-electron chi connectivity index (χ3n) is 0.805. The number of carboxylic acids is 2. The summed E-state index contributed by atoms with van der Waals surface area (Å²) in [5, 5.41) is 32.5. The van der Waals surface area contributed by atoms with Crippen LogP contribution in [0, 0.1) is 0 Å². The van der Waals surface area contributed by atoms with Crippen LogP contribution in [-0.2, 0) is 12.6 Å². The first-order valence-electron chi connectivity index (χ1n) is 3.05. The number of aliphatic hydroxyl groups excluding tert-OH is 2. The van der Waals surface area contributed by atoms with Gasteiger partial charge in [-0.1, -0.05) is 0 Å². The van der Waals surface area contributed by atoms with Gasteiger partial charge in [0.15, 0.2) is 12.2 Å². The number of hydrogen-bond donors (Lipinski definition) is 6. The van der Waals surface area contributed by atoms with Crippen LogP contribution in [0.3, 0.4) is 0 Å². The molecule has 0 heterocycles. The molecular weight excluding hydrogens is 369 g/mol. The van der Waals surface area contributed by atoms with Crippen molar-refractivity contribution in [1.82, 2.24) is 0 Å². The van der Waals surface area contributed by atoms with Gasteiger partial charge in [0, 0.05) is 0 Å². The maximum absolute atomic E-state index is 9.77. The normalized spacial score (nSPS) is 13.6. The SMILES string of the molecule is O=C(O)C(O)C(O)C(=O)O.[K+].[O]=[Sb]([O-])([OH])[OH]. The zero-order chi connectivity index (χ0) is 12.8. The zero-order valence-electron chi connectivity index (χ0n) is 7.92. The predicted octanol–water partition coefficient (Wildman–Crippen LogP) is -7.92. The molecule has 2 unspecified atom stereocenters. The number of carboxylic acid groups (broad SMARTS) is 2. The van der Waals surface area contributed by atoms with Crippen LogP contribution in [0.15, 0.2) is 0 Å². The molecule has 0 fully saturated rings. The van der Waals surface area contributed by atoms with E-state index < -0.39 is 44.2 Å². The Morgan fingerprint density at radius 2 is 1.12 bits per heavy atom. The van der Waals surface area contributed by atoms with Gasteiger partial charge in [0.25, 0.3) is 0 Å². The molecule has 0 spiro atoms. The summed E-state index contributed by atoms with van der Waals surface area (Å²) in [4.78, 5) is 19.5. The molecule has 0 amide bonds. The number of rotatable bonds is 3. The first-order valence-corrected chi connectivity index (χ1v) is 7.42. The van der Waals surface area contributed by atoms with Crippen LogP contribution in [0.25, 0.3) is 0 Å². The van der Waals surface area contributed by atoms with Crippen LogP contribution in [0.4, 0.5) is 0 Å². The van der Waals surface area contributed by atoms with Crippen molar-refractivity contribution < 1.29 is 94.6 Å². The van der Waals surface area contributed by atoms with Crippen LogP contribution in [0.1, 0.15) is 0 Å². The third kappa shape index (κ3) is 17.4. The van der Waals surface area contributed by atoms with E-state index in [-0.39, 0.29) is 51.4 Å². The summed E-state index contributed by atoms with van der Waals surface area (Å²) in [6.07, 6.45) is -4.53. The second-order valence-electron chi connectivity index (χ2n) is 2.06. The molecule has 0 aliphatic rings. The predicted molar refractivity (Wildman–Crippen MR) is 38.2 cm³/mol. The molecule has 0 aliphatic carbocycles. The molecule has 90 valence electrons. The Bertz CT molecular complexity index is 246. The van der Waals surface area contributed by atoms with Crippen LogP contribution in [-0.4, -0.2) is 71.4 Å². The monoisotopic (exact) mass is 376 g/mol. The van der Waals surface area contributed by atoms with Crippen molar-refractivity contribution in [3.8, 4) is 0 Å². The fourth-order valence-electron chi connectivity index (χ4n) is 0.270. The summed E-state index contributed by atoms with van der Waals surface area (Å²) in [6, 6.07) is 0. The van der Waals surface area contributed by atoms with Gasteiger partial charge in [-0.25, -0.2) is 9.59 Å². The fourth-order valence-corrected chi connectivity index (χ4v) is 0.270. The van der Waals surface area contributed by atoms with Crippen molar-refractivity contribution in [1.29, 1.82) is 0 Å². The van der Waals surface area contributed by atoms with Gasteiger partial charge >= 0.3 is 96.6 Å². The van der Waals surface area contributed by atoms with E-state index in [1.165, 1.54) is 0 Å². The Morgan fingerprint density at radius 3 is 1.19 bits per heavy atom. The molecule has 2 atom stereocenters. The van der Waals surface area contributed by atoms with E-state index in [2.05, 4.69) is 0 Å². The van der Waals surface area contributed by atoms with Crippen molar-refractivity contribution >= 4 is 32.0 Å². The van der Waals surface area contributed by atoms with E-state index in [1.54, 1.807) is 0 Å². The zero-order valence-corrected chi connectivity index (χ0v) is 13.6. The Kier molecular flexibility index (Phi) is 13.8. The van der Waals surface area contributed by atoms with Crippen LogP contribution in [0.5, 0.6) is 0 Å². The summed E-state index contributed by atoms with van der Waals surface area (Å²) in [7, 11) is 0. The number of aliphatic carboxylic acids is 2. The van der Waals surface area contributed by atoms with Crippen molar-refractivity contribution in [2.75, 3.05) is 0 Å². The Balaban J connectivity index is -0.000000242. The second-order valence-corrected chi connectivity index (χ2v) is 4.86. The molecule has 16 heavy (non-hydrogen) atoms. The maximum atomic E-state index is 9.77. The summed E-state index contributed by atoms with van der Waals surface area (Å²) in [5.74, 6) is -3.54. The average molecular weight is 377 g/mol. The van der Waals surface area contributed by atoms with E-state index in [9.17, 15) is 9.59 Å². The molecule has 0 aromatic rings. The molecule has 0 saturated heterocycles. The van der Waals surface area contributed by atoms with E-state index in [4.69, 9.17) is 33.6 Å². The van der Waals surface area contributed by atoms with Crippen molar-refractivity contribution in [2.45, 2.75) is 12.2 Å². The topological polar surface area (TPSA) is 196 Å². The van der Waals surface area contributed by atoms with Gasteiger partial charge in [-0.15, -0.1) is 0 Å². The number of hydrogen-bond acceptors (Lipinski definition) is 6. The summed E-state index contributed by atoms with van der Waals surface area (Å²) >= 11 is -5.60. The standard InChI is InChI=1S/C4H6O6.K.2H2O.2O.Sb/c5-1(3(7)8)2(6)4(9)10;;;;;;/h1-2,5-6H,(H,7,8)(H,9,10);;2*1H2;;;/q;+1;;;;-1;+2/p-2. The second kappa shape index (κ2) is 9.97. The molecule has 0 rings (SSSR count). The third-order valence-corrected chi connectivity index (χ3v) is 0.805.